The molecule has 0 saturated carbocycles. The summed E-state index contributed by atoms with van der Waals surface area (Å²) in [5.74, 6) is 1.04. The predicted octanol–water partition coefficient (Wildman–Crippen LogP) is 3.15. The van der Waals surface area contributed by atoms with Gasteiger partial charge in [-0.05, 0) is 18.8 Å². The molecule has 0 radical (unpaired) electrons. The van der Waals surface area contributed by atoms with Crippen molar-refractivity contribution < 1.29 is 9.31 Å². The van der Waals surface area contributed by atoms with Gasteiger partial charge < -0.3 is 9.31 Å². The molecule has 1 aliphatic heterocycles. The van der Waals surface area contributed by atoms with Crippen LogP contribution in [0.5, 0.6) is 0 Å². The van der Waals surface area contributed by atoms with Gasteiger partial charge in [0.1, 0.15) is 0 Å². The van der Waals surface area contributed by atoms with Crippen LogP contribution in [-0.2, 0) is 9.31 Å². The molecule has 1 aliphatic rings. The number of allylic oxidation sites excluding steroid dienone is 2. The summed E-state index contributed by atoms with van der Waals surface area (Å²) in [6.45, 7) is 10.8. The molecular weight excluding hydrogens is 187 g/mol. The highest BCUT2D eigenvalue weighted by Gasteiger charge is 2.41. The molecule has 2 nitrogen and oxygen atoms in total. The van der Waals surface area contributed by atoms with Gasteiger partial charge in [-0.3, -0.25) is 0 Å². The van der Waals surface area contributed by atoms with E-state index < -0.39 is 0 Å². The van der Waals surface area contributed by atoms with E-state index in [-0.39, 0.29) is 19.3 Å². The van der Waals surface area contributed by atoms with E-state index in [2.05, 4.69) is 33.8 Å². The van der Waals surface area contributed by atoms with Crippen molar-refractivity contribution in [2.45, 2.75) is 53.1 Å². The molecule has 1 rings (SSSR count). The van der Waals surface area contributed by atoms with Crippen LogP contribution in [0.4, 0.5) is 0 Å². The predicted molar refractivity (Wildman–Crippen MR) is 64.8 cm³/mol. The Morgan fingerprint density at radius 2 is 1.53 bits per heavy atom. The molecule has 0 aliphatic carbocycles. The molecule has 2 atom stereocenters. The minimum Gasteiger partial charge on any atom is -0.405 e. The van der Waals surface area contributed by atoms with Gasteiger partial charge in [0.05, 0.1) is 12.2 Å². The van der Waals surface area contributed by atoms with Crippen LogP contribution in [0.25, 0.3) is 0 Å². The molecule has 0 aromatic carbocycles. The lowest BCUT2D eigenvalue weighted by atomic mass is 9.85. The molecule has 0 aromatic heterocycles. The van der Waals surface area contributed by atoms with Crippen LogP contribution in [0.1, 0.15) is 34.6 Å². The molecule has 0 amide bonds. The van der Waals surface area contributed by atoms with E-state index in [4.69, 9.17) is 9.31 Å². The Hall–Kier alpha value is -0.275. The molecule has 15 heavy (non-hydrogen) atoms. The third-order valence-corrected chi connectivity index (χ3v) is 2.82. The lowest BCUT2D eigenvalue weighted by molar-refractivity contribution is 0.0815. The zero-order valence-electron chi connectivity index (χ0n) is 10.6. The van der Waals surface area contributed by atoms with E-state index in [0.717, 1.165) is 6.32 Å². The van der Waals surface area contributed by atoms with E-state index >= 15 is 0 Å². The van der Waals surface area contributed by atoms with E-state index in [1.807, 2.05) is 13.0 Å². The third-order valence-electron chi connectivity index (χ3n) is 2.82. The van der Waals surface area contributed by atoms with E-state index in [1.165, 1.54) is 0 Å². The van der Waals surface area contributed by atoms with Crippen molar-refractivity contribution in [3.8, 4) is 0 Å². The van der Waals surface area contributed by atoms with Gasteiger partial charge in [0, 0.05) is 6.32 Å². The van der Waals surface area contributed by atoms with Crippen molar-refractivity contribution >= 4 is 7.12 Å². The first kappa shape index (κ1) is 12.8. The fraction of sp³-hybridized carbons (Fsp3) is 0.833. The van der Waals surface area contributed by atoms with Gasteiger partial charge in [0.25, 0.3) is 0 Å². The minimum absolute atomic E-state index is 0.0407. The van der Waals surface area contributed by atoms with Crippen LogP contribution >= 0.6 is 0 Å². The number of rotatable bonds is 4. The topological polar surface area (TPSA) is 18.5 Å². The van der Waals surface area contributed by atoms with Crippen LogP contribution in [0, 0.1) is 11.8 Å². The van der Waals surface area contributed by atoms with Gasteiger partial charge in [0.15, 0.2) is 0 Å². The maximum absolute atomic E-state index is 5.93. The first-order chi connectivity index (χ1) is 7.06. The molecule has 0 aromatic rings. The molecule has 0 spiro atoms. The Balaban J connectivity index is 2.57. The smallest absolute Gasteiger partial charge is 0.405 e. The Bertz CT molecular complexity index is 198. The quantitative estimate of drug-likeness (QED) is 0.524. The van der Waals surface area contributed by atoms with Crippen molar-refractivity contribution in [1.29, 1.82) is 0 Å². The summed E-state index contributed by atoms with van der Waals surface area (Å²) in [4.78, 5) is 0. The number of hydrogen-bond donors (Lipinski definition) is 0. The zero-order chi connectivity index (χ0) is 11.4. The lowest BCUT2D eigenvalue weighted by Crippen LogP contribution is -2.31. The van der Waals surface area contributed by atoms with Gasteiger partial charge in [0.2, 0.25) is 0 Å². The molecule has 0 bridgehead atoms. The van der Waals surface area contributed by atoms with Gasteiger partial charge in [-0.25, -0.2) is 0 Å². The molecule has 0 unspecified atom stereocenters. The Morgan fingerprint density at radius 3 is 1.87 bits per heavy atom. The second-order valence-corrected chi connectivity index (χ2v) is 4.92. The third kappa shape index (κ3) is 3.35. The van der Waals surface area contributed by atoms with Crippen LogP contribution in [-0.4, -0.2) is 19.3 Å². The van der Waals surface area contributed by atoms with Gasteiger partial charge >= 0.3 is 7.12 Å². The van der Waals surface area contributed by atoms with Gasteiger partial charge in [-0.2, -0.15) is 0 Å². The first-order valence-electron chi connectivity index (χ1n) is 5.98. The second kappa shape index (κ2) is 5.71. The highest BCUT2D eigenvalue weighted by Crippen LogP contribution is 2.29. The summed E-state index contributed by atoms with van der Waals surface area (Å²) in [5, 5.41) is 0. The van der Waals surface area contributed by atoms with Crippen molar-refractivity contribution in [3.05, 3.63) is 12.2 Å². The maximum Gasteiger partial charge on any atom is 0.461 e. The van der Waals surface area contributed by atoms with Crippen molar-refractivity contribution in [1.82, 2.24) is 0 Å². The van der Waals surface area contributed by atoms with Crippen LogP contribution in [0.2, 0.25) is 6.32 Å². The molecule has 86 valence electrons. The SMILES string of the molecule is CC=CCB1O[C@H](C(C)C)[C@@H](C(C)C)O1. The summed E-state index contributed by atoms with van der Waals surface area (Å²) in [5.41, 5.74) is 0. The Morgan fingerprint density at radius 1 is 1.07 bits per heavy atom. The summed E-state index contributed by atoms with van der Waals surface area (Å²) in [6.07, 6.45) is 5.51. The molecule has 1 saturated heterocycles. The second-order valence-electron chi connectivity index (χ2n) is 4.92. The normalized spacial score (nSPS) is 27.5. The first-order valence-corrected chi connectivity index (χ1v) is 5.98. The molecule has 0 N–H and O–H groups in total. The molecular formula is C12H23BO2. The Labute approximate surface area is 94.2 Å². The summed E-state index contributed by atoms with van der Waals surface area (Å²) in [7, 11) is -0.0407. The van der Waals surface area contributed by atoms with Crippen LogP contribution in [0.15, 0.2) is 12.2 Å². The summed E-state index contributed by atoms with van der Waals surface area (Å²) in [6, 6.07) is 0. The van der Waals surface area contributed by atoms with Crippen LogP contribution < -0.4 is 0 Å². The lowest BCUT2D eigenvalue weighted by Gasteiger charge is -2.24. The molecule has 3 heteroatoms. The van der Waals surface area contributed by atoms with E-state index in [1.54, 1.807) is 0 Å². The fourth-order valence-corrected chi connectivity index (χ4v) is 1.97. The number of hydrogen-bond acceptors (Lipinski definition) is 2. The fourth-order valence-electron chi connectivity index (χ4n) is 1.97. The van der Waals surface area contributed by atoms with E-state index in [0.29, 0.717) is 11.8 Å². The average molecular weight is 210 g/mol. The largest absolute Gasteiger partial charge is 0.461 e. The minimum atomic E-state index is -0.0407. The van der Waals surface area contributed by atoms with Crippen molar-refractivity contribution in [3.63, 3.8) is 0 Å². The monoisotopic (exact) mass is 210 g/mol. The highest BCUT2D eigenvalue weighted by molar-refractivity contribution is 6.45. The summed E-state index contributed by atoms with van der Waals surface area (Å²) < 4.78 is 11.9. The summed E-state index contributed by atoms with van der Waals surface area (Å²) >= 11 is 0. The Kier molecular flexibility index (Phi) is 4.87. The highest BCUT2D eigenvalue weighted by atomic mass is 16.7. The standard InChI is InChI=1S/C12H23BO2/c1-6-7-8-13-14-11(9(2)3)12(15-13)10(4)5/h6-7,9-12H,8H2,1-5H3/t11-,12-/m1/s1. The average Bonchev–Trinajstić information content (AvgIpc) is 2.58. The maximum atomic E-state index is 5.93. The van der Waals surface area contributed by atoms with Crippen LogP contribution in [0.3, 0.4) is 0 Å². The van der Waals surface area contributed by atoms with Crippen molar-refractivity contribution in [2.24, 2.45) is 11.8 Å². The molecule has 1 fully saturated rings. The molecule has 1 heterocycles. The van der Waals surface area contributed by atoms with Gasteiger partial charge in [-0.1, -0.05) is 39.8 Å². The van der Waals surface area contributed by atoms with Gasteiger partial charge in [-0.15, -0.1) is 0 Å². The zero-order valence-corrected chi connectivity index (χ0v) is 10.6. The van der Waals surface area contributed by atoms with Crippen molar-refractivity contribution in [2.75, 3.05) is 0 Å². The van der Waals surface area contributed by atoms with E-state index in [9.17, 15) is 0 Å².